The van der Waals surface area contributed by atoms with Crippen LogP contribution in [0, 0.1) is 17.8 Å². The van der Waals surface area contributed by atoms with Gasteiger partial charge in [0.25, 0.3) is 0 Å². The average Bonchev–Trinajstić information content (AvgIpc) is 3.08. The van der Waals surface area contributed by atoms with Crippen molar-refractivity contribution in [1.29, 1.82) is 0 Å². The highest BCUT2D eigenvalue weighted by atomic mass is 32.2. The zero-order valence-corrected chi connectivity index (χ0v) is 17.3. The Balaban J connectivity index is 1.24. The van der Waals surface area contributed by atoms with Gasteiger partial charge in [-0.15, -0.1) is 10.2 Å². The van der Waals surface area contributed by atoms with Crippen LogP contribution in [0.15, 0.2) is 35.5 Å². The van der Waals surface area contributed by atoms with Gasteiger partial charge >= 0.3 is 0 Å². The monoisotopic (exact) mass is 396 g/mol. The van der Waals surface area contributed by atoms with Crippen molar-refractivity contribution in [1.82, 2.24) is 20.1 Å². The minimum atomic E-state index is 0.0834. The summed E-state index contributed by atoms with van der Waals surface area (Å²) >= 11 is 1.50. The summed E-state index contributed by atoms with van der Waals surface area (Å²) in [6.45, 7) is 2.88. The summed E-state index contributed by atoms with van der Waals surface area (Å²) < 4.78 is 2.10. The van der Waals surface area contributed by atoms with Gasteiger partial charge in [0.05, 0.1) is 5.75 Å². The van der Waals surface area contributed by atoms with Crippen LogP contribution in [0.1, 0.15) is 45.4 Å². The number of thioether (sulfide) groups is 1. The van der Waals surface area contributed by atoms with Crippen LogP contribution < -0.4 is 5.32 Å². The van der Waals surface area contributed by atoms with Gasteiger partial charge in [0.1, 0.15) is 0 Å². The quantitative estimate of drug-likeness (QED) is 0.746. The molecule has 4 aliphatic carbocycles. The molecule has 4 saturated carbocycles. The third-order valence-electron chi connectivity index (χ3n) is 6.84. The zero-order valence-electron chi connectivity index (χ0n) is 16.4. The molecular formula is C22H28N4OS. The van der Waals surface area contributed by atoms with Gasteiger partial charge in [0.2, 0.25) is 5.91 Å². The number of hydrogen-bond acceptors (Lipinski definition) is 4. The van der Waals surface area contributed by atoms with E-state index in [2.05, 4.69) is 27.0 Å². The molecule has 5 nitrogen and oxygen atoms in total. The molecule has 0 unspecified atom stereocenters. The molecule has 0 saturated heterocycles. The maximum absolute atomic E-state index is 12.8. The van der Waals surface area contributed by atoms with Crippen molar-refractivity contribution in [3.05, 3.63) is 30.3 Å². The van der Waals surface area contributed by atoms with Gasteiger partial charge in [0.15, 0.2) is 11.0 Å². The maximum Gasteiger partial charge on any atom is 0.230 e. The summed E-state index contributed by atoms with van der Waals surface area (Å²) in [5.41, 5.74) is 1.14. The minimum Gasteiger partial charge on any atom is -0.350 e. The number of carbonyl (C=O) groups excluding carboxylic acids is 1. The predicted molar refractivity (Wildman–Crippen MR) is 111 cm³/mol. The summed E-state index contributed by atoms with van der Waals surface area (Å²) in [5, 5.41) is 13.0. The molecule has 1 aromatic heterocycles. The highest BCUT2D eigenvalue weighted by Gasteiger charge is 2.51. The van der Waals surface area contributed by atoms with E-state index < -0.39 is 0 Å². The topological polar surface area (TPSA) is 59.8 Å². The van der Waals surface area contributed by atoms with E-state index in [9.17, 15) is 4.79 Å². The molecule has 1 amide bonds. The number of rotatable bonds is 6. The van der Waals surface area contributed by atoms with Crippen molar-refractivity contribution in [3.8, 4) is 11.4 Å². The van der Waals surface area contributed by atoms with Crippen molar-refractivity contribution in [2.24, 2.45) is 17.8 Å². The first kappa shape index (κ1) is 18.2. The molecule has 28 heavy (non-hydrogen) atoms. The van der Waals surface area contributed by atoms with Crippen LogP contribution in [0.25, 0.3) is 11.4 Å². The SMILES string of the molecule is CCn1c(SCC(=O)NC23CC4CC(CC(C4)C2)C3)nnc1-c1ccccc1. The van der Waals surface area contributed by atoms with Crippen molar-refractivity contribution in [2.75, 3.05) is 5.75 Å². The number of nitrogens with zero attached hydrogens (tertiary/aromatic N) is 3. The van der Waals surface area contributed by atoms with Gasteiger partial charge in [-0.2, -0.15) is 0 Å². The summed E-state index contributed by atoms with van der Waals surface area (Å²) in [6, 6.07) is 10.1. The maximum atomic E-state index is 12.8. The number of benzene rings is 1. The molecule has 4 aliphatic rings. The molecule has 0 aliphatic heterocycles. The third kappa shape index (κ3) is 3.36. The fourth-order valence-corrected chi connectivity index (χ4v) is 7.01. The Labute approximate surface area is 170 Å². The van der Waals surface area contributed by atoms with Crippen LogP contribution in [0.4, 0.5) is 0 Å². The molecule has 4 bridgehead atoms. The van der Waals surface area contributed by atoms with Crippen LogP contribution in [-0.2, 0) is 11.3 Å². The Kier molecular flexibility index (Phi) is 4.69. The number of carbonyl (C=O) groups is 1. The molecule has 1 aromatic carbocycles. The minimum absolute atomic E-state index is 0.0834. The highest BCUT2D eigenvalue weighted by molar-refractivity contribution is 7.99. The zero-order chi connectivity index (χ0) is 19.1. The molecule has 2 aromatic rings. The van der Waals surface area contributed by atoms with Gasteiger partial charge in [-0.05, 0) is 63.2 Å². The van der Waals surface area contributed by atoms with E-state index in [1.165, 1.54) is 50.3 Å². The third-order valence-corrected chi connectivity index (χ3v) is 7.81. The lowest BCUT2D eigenvalue weighted by Gasteiger charge is -2.56. The second kappa shape index (κ2) is 7.21. The lowest BCUT2D eigenvalue weighted by Crippen LogP contribution is -2.60. The van der Waals surface area contributed by atoms with Crippen LogP contribution >= 0.6 is 11.8 Å². The lowest BCUT2D eigenvalue weighted by atomic mass is 9.53. The number of aromatic nitrogens is 3. The fraction of sp³-hybridized carbons (Fsp3) is 0.591. The number of hydrogen-bond donors (Lipinski definition) is 1. The standard InChI is InChI=1S/C22H28N4OS/c1-2-26-20(18-6-4-3-5-7-18)24-25-21(26)28-14-19(27)23-22-11-15-8-16(12-22)10-17(9-15)13-22/h3-7,15-17H,2,8-14H2,1H3,(H,23,27). The van der Waals surface area contributed by atoms with Gasteiger partial charge in [-0.25, -0.2) is 0 Å². The smallest absolute Gasteiger partial charge is 0.230 e. The molecule has 0 atom stereocenters. The van der Waals surface area contributed by atoms with E-state index in [-0.39, 0.29) is 11.4 Å². The molecule has 4 fully saturated rings. The molecule has 1 N–H and O–H groups in total. The van der Waals surface area contributed by atoms with Crippen LogP contribution in [-0.4, -0.2) is 32.0 Å². The van der Waals surface area contributed by atoms with E-state index in [1.54, 1.807) is 0 Å². The molecule has 0 spiro atoms. The first-order valence-electron chi connectivity index (χ1n) is 10.6. The van der Waals surface area contributed by atoms with E-state index in [4.69, 9.17) is 0 Å². The number of nitrogens with one attached hydrogen (secondary N) is 1. The molecule has 6 heteroatoms. The van der Waals surface area contributed by atoms with Crippen molar-refractivity contribution >= 4 is 17.7 Å². The second-order valence-corrected chi connectivity index (χ2v) is 9.89. The Morgan fingerprint density at radius 3 is 2.36 bits per heavy atom. The molecular weight excluding hydrogens is 368 g/mol. The van der Waals surface area contributed by atoms with Gasteiger partial charge < -0.3 is 9.88 Å². The Bertz CT molecular complexity index is 827. The Morgan fingerprint density at radius 1 is 1.11 bits per heavy atom. The fourth-order valence-electron chi connectivity index (χ4n) is 6.21. The lowest BCUT2D eigenvalue weighted by molar-refractivity contribution is -0.124. The normalized spacial score (nSPS) is 30.5. The van der Waals surface area contributed by atoms with Crippen molar-refractivity contribution in [2.45, 2.75) is 62.7 Å². The van der Waals surface area contributed by atoms with Crippen LogP contribution in [0.3, 0.4) is 0 Å². The highest BCUT2D eigenvalue weighted by Crippen LogP contribution is 2.55. The van der Waals surface area contributed by atoms with Crippen LogP contribution in [0.2, 0.25) is 0 Å². The van der Waals surface area contributed by atoms with Crippen molar-refractivity contribution < 1.29 is 4.79 Å². The van der Waals surface area contributed by atoms with Gasteiger partial charge in [-0.3, -0.25) is 4.79 Å². The summed E-state index contributed by atoms with van der Waals surface area (Å²) in [5.74, 6) is 3.96. The van der Waals surface area contributed by atoms with Gasteiger partial charge in [0, 0.05) is 17.6 Å². The summed E-state index contributed by atoms with van der Waals surface area (Å²) in [4.78, 5) is 12.8. The molecule has 0 radical (unpaired) electrons. The van der Waals surface area contributed by atoms with Gasteiger partial charge in [-0.1, -0.05) is 42.1 Å². The first-order valence-corrected chi connectivity index (χ1v) is 11.5. The molecule has 148 valence electrons. The summed E-state index contributed by atoms with van der Waals surface area (Å²) in [6.07, 6.45) is 7.76. The Hall–Kier alpha value is -1.82. The number of amides is 1. The molecule has 6 rings (SSSR count). The second-order valence-electron chi connectivity index (χ2n) is 8.95. The van der Waals surface area contributed by atoms with Crippen molar-refractivity contribution in [3.63, 3.8) is 0 Å². The van der Waals surface area contributed by atoms with E-state index in [0.29, 0.717) is 5.75 Å². The largest absolute Gasteiger partial charge is 0.350 e. The van der Waals surface area contributed by atoms with E-state index in [1.807, 2.05) is 30.3 Å². The van der Waals surface area contributed by atoms with Crippen LogP contribution in [0.5, 0.6) is 0 Å². The molecule has 1 heterocycles. The van der Waals surface area contributed by atoms with E-state index in [0.717, 1.165) is 40.8 Å². The average molecular weight is 397 g/mol. The first-order chi connectivity index (χ1) is 13.6. The van der Waals surface area contributed by atoms with E-state index >= 15 is 0 Å². The Morgan fingerprint density at radius 2 is 1.75 bits per heavy atom. The summed E-state index contributed by atoms with van der Waals surface area (Å²) in [7, 11) is 0. The predicted octanol–water partition coefficient (Wildman–Crippen LogP) is 4.14.